The summed E-state index contributed by atoms with van der Waals surface area (Å²) in [4.78, 5) is 13.4. The van der Waals surface area contributed by atoms with E-state index in [1.54, 1.807) is 47.4 Å². The van der Waals surface area contributed by atoms with Crippen LogP contribution in [0.25, 0.3) is 0 Å². The smallest absolute Gasteiger partial charge is 0.237 e. The molecule has 1 aliphatic rings. The molecule has 0 bridgehead atoms. The number of nitrogens with one attached hydrogen (secondary N) is 1. The standard InChI is InChI=1S/C17H16Cl2N2O3S/c18-15-3-1-4-16(19)14(15)11-25(23,24)20-12-6-8-13(9-7-12)21-10-2-5-17(21)22/h1,3-4,6-9,20H,2,5,10-11H2. The van der Waals surface area contributed by atoms with Crippen LogP contribution >= 0.6 is 23.2 Å². The fourth-order valence-corrected chi connectivity index (χ4v) is 4.65. The summed E-state index contributed by atoms with van der Waals surface area (Å²) in [5.41, 5.74) is 1.54. The Bertz CT molecular complexity index is 878. The minimum absolute atomic E-state index is 0.0849. The number of halogens is 2. The largest absolute Gasteiger partial charge is 0.312 e. The lowest BCUT2D eigenvalue weighted by Crippen LogP contribution is -2.23. The van der Waals surface area contributed by atoms with Crippen LogP contribution in [0.3, 0.4) is 0 Å². The van der Waals surface area contributed by atoms with Gasteiger partial charge in [-0.2, -0.15) is 0 Å². The zero-order chi connectivity index (χ0) is 18.0. The highest BCUT2D eigenvalue weighted by molar-refractivity contribution is 7.91. The molecule has 2 aromatic rings. The zero-order valence-electron chi connectivity index (χ0n) is 13.2. The lowest BCUT2D eigenvalue weighted by atomic mass is 10.2. The normalized spacial score (nSPS) is 14.8. The number of hydrogen-bond donors (Lipinski definition) is 1. The average Bonchev–Trinajstić information content (AvgIpc) is 2.98. The van der Waals surface area contributed by atoms with Crippen LogP contribution in [0.1, 0.15) is 18.4 Å². The number of anilines is 2. The van der Waals surface area contributed by atoms with Crippen LogP contribution in [0, 0.1) is 0 Å². The molecule has 1 N–H and O–H groups in total. The van der Waals surface area contributed by atoms with E-state index in [0.717, 1.165) is 12.1 Å². The van der Waals surface area contributed by atoms with E-state index in [1.165, 1.54) is 0 Å². The molecule has 0 spiro atoms. The summed E-state index contributed by atoms with van der Waals surface area (Å²) in [6.07, 6.45) is 1.39. The Kier molecular flexibility index (Phi) is 5.22. The Balaban J connectivity index is 1.74. The summed E-state index contributed by atoms with van der Waals surface area (Å²) in [5.74, 6) is -0.237. The molecule has 8 heteroatoms. The Morgan fingerprint density at radius 1 is 1.04 bits per heavy atom. The van der Waals surface area contributed by atoms with Gasteiger partial charge in [-0.1, -0.05) is 29.3 Å². The molecule has 2 aromatic carbocycles. The first-order valence-corrected chi connectivity index (χ1v) is 10.1. The number of rotatable bonds is 5. The van der Waals surface area contributed by atoms with Gasteiger partial charge in [-0.3, -0.25) is 9.52 Å². The van der Waals surface area contributed by atoms with E-state index in [0.29, 0.717) is 34.3 Å². The minimum Gasteiger partial charge on any atom is -0.312 e. The topological polar surface area (TPSA) is 66.5 Å². The lowest BCUT2D eigenvalue weighted by molar-refractivity contribution is -0.117. The number of benzene rings is 2. The van der Waals surface area contributed by atoms with Crippen LogP contribution in [0.2, 0.25) is 10.0 Å². The second-order valence-electron chi connectivity index (χ2n) is 5.76. The van der Waals surface area contributed by atoms with Crippen molar-refractivity contribution in [3.05, 3.63) is 58.1 Å². The van der Waals surface area contributed by atoms with Gasteiger partial charge >= 0.3 is 0 Å². The first kappa shape index (κ1) is 18.0. The molecule has 1 fully saturated rings. The Hall–Kier alpha value is -1.76. The highest BCUT2D eigenvalue weighted by Crippen LogP contribution is 2.27. The van der Waals surface area contributed by atoms with Crippen molar-refractivity contribution in [2.75, 3.05) is 16.2 Å². The first-order valence-electron chi connectivity index (χ1n) is 7.69. The third-order valence-electron chi connectivity index (χ3n) is 3.92. The number of sulfonamides is 1. The van der Waals surface area contributed by atoms with Crippen LogP contribution in [0.4, 0.5) is 11.4 Å². The van der Waals surface area contributed by atoms with Crippen LogP contribution in [0.5, 0.6) is 0 Å². The summed E-state index contributed by atoms with van der Waals surface area (Å²) in [7, 11) is -3.67. The molecule has 0 unspecified atom stereocenters. The van der Waals surface area contributed by atoms with Gasteiger partial charge in [0.15, 0.2) is 0 Å². The zero-order valence-corrected chi connectivity index (χ0v) is 15.5. The molecular weight excluding hydrogens is 383 g/mol. The fourth-order valence-electron chi connectivity index (χ4n) is 2.71. The molecule has 3 rings (SSSR count). The van der Waals surface area contributed by atoms with Gasteiger partial charge in [0.1, 0.15) is 0 Å². The Morgan fingerprint density at radius 3 is 2.24 bits per heavy atom. The molecule has 0 radical (unpaired) electrons. The second-order valence-corrected chi connectivity index (χ2v) is 8.29. The number of nitrogens with zero attached hydrogens (tertiary/aromatic N) is 1. The predicted molar refractivity (Wildman–Crippen MR) is 101 cm³/mol. The van der Waals surface area contributed by atoms with Crippen molar-refractivity contribution in [2.45, 2.75) is 18.6 Å². The maximum atomic E-state index is 12.4. The van der Waals surface area contributed by atoms with Crippen LogP contribution in [-0.4, -0.2) is 20.9 Å². The van der Waals surface area contributed by atoms with Gasteiger partial charge < -0.3 is 4.90 Å². The molecule has 5 nitrogen and oxygen atoms in total. The number of carbonyl (C=O) groups is 1. The molecule has 1 heterocycles. The summed E-state index contributed by atoms with van der Waals surface area (Å²) < 4.78 is 27.2. The van der Waals surface area contributed by atoms with Crippen molar-refractivity contribution >= 4 is 50.5 Å². The molecule has 1 amide bonds. The van der Waals surface area contributed by atoms with Gasteiger partial charge in [0.2, 0.25) is 15.9 Å². The molecule has 0 saturated carbocycles. The third-order valence-corrected chi connectivity index (χ3v) is 5.85. The van der Waals surface area contributed by atoms with Gasteiger partial charge in [-0.15, -0.1) is 0 Å². The molecule has 0 atom stereocenters. The van der Waals surface area contributed by atoms with Crippen LogP contribution < -0.4 is 9.62 Å². The van der Waals surface area contributed by atoms with Gasteiger partial charge in [0.05, 0.1) is 5.75 Å². The van der Waals surface area contributed by atoms with E-state index < -0.39 is 10.0 Å². The number of hydrogen-bond acceptors (Lipinski definition) is 3. The van der Waals surface area contributed by atoms with Gasteiger partial charge in [0, 0.05) is 39.9 Å². The van der Waals surface area contributed by atoms with Crippen LogP contribution in [-0.2, 0) is 20.6 Å². The number of amides is 1. The van der Waals surface area contributed by atoms with E-state index in [4.69, 9.17) is 23.2 Å². The SMILES string of the molecule is O=C1CCCN1c1ccc(NS(=O)(=O)Cc2c(Cl)cccc2Cl)cc1. The van der Waals surface area contributed by atoms with Gasteiger partial charge in [0.25, 0.3) is 0 Å². The van der Waals surface area contributed by atoms with Crippen molar-refractivity contribution in [1.82, 2.24) is 0 Å². The summed E-state index contributed by atoms with van der Waals surface area (Å²) >= 11 is 12.1. The van der Waals surface area contributed by atoms with Crippen molar-refractivity contribution in [3.63, 3.8) is 0 Å². The van der Waals surface area contributed by atoms with Gasteiger partial charge in [-0.25, -0.2) is 8.42 Å². The Labute approximate surface area is 156 Å². The van der Waals surface area contributed by atoms with E-state index >= 15 is 0 Å². The van der Waals surface area contributed by atoms with Crippen molar-refractivity contribution in [2.24, 2.45) is 0 Å². The quantitative estimate of drug-likeness (QED) is 0.825. The highest BCUT2D eigenvalue weighted by Gasteiger charge is 2.22. The molecule has 25 heavy (non-hydrogen) atoms. The maximum Gasteiger partial charge on any atom is 0.237 e. The monoisotopic (exact) mass is 398 g/mol. The maximum absolute atomic E-state index is 12.4. The second kappa shape index (κ2) is 7.23. The third kappa shape index (κ3) is 4.26. The summed E-state index contributed by atoms with van der Waals surface area (Å²) in [6, 6.07) is 11.6. The van der Waals surface area contributed by atoms with E-state index in [-0.39, 0.29) is 11.7 Å². The summed E-state index contributed by atoms with van der Waals surface area (Å²) in [5, 5.41) is 0.613. The fraction of sp³-hybridized carbons (Fsp3) is 0.235. The molecule has 1 saturated heterocycles. The molecule has 0 aliphatic carbocycles. The van der Waals surface area contributed by atoms with E-state index in [9.17, 15) is 13.2 Å². The molecule has 132 valence electrons. The van der Waals surface area contributed by atoms with E-state index in [1.807, 2.05) is 0 Å². The minimum atomic E-state index is -3.67. The molecule has 0 aromatic heterocycles. The number of carbonyl (C=O) groups excluding carboxylic acids is 1. The molecule has 1 aliphatic heterocycles. The summed E-state index contributed by atoms with van der Waals surface area (Å²) in [6.45, 7) is 0.689. The first-order chi connectivity index (χ1) is 11.9. The molecular formula is C17H16Cl2N2O3S. The van der Waals surface area contributed by atoms with Crippen LogP contribution in [0.15, 0.2) is 42.5 Å². The highest BCUT2D eigenvalue weighted by atomic mass is 35.5. The lowest BCUT2D eigenvalue weighted by Gasteiger charge is -2.16. The predicted octanol–water partition coefficient (Wildman–Crippen LogP) is 4.06. The van der Waals surface area contributed by atoms with E-state index in [2.05, 4.69) is 4.72 Å². The average molecular weight is 399 g/mol. The Morgan fingerprint density at radius 2 is 1.68 bits per heavy atom. The van der Waals surface area contributed by atoms with Gasteiger partial charge in [-0.05, 0) is 42.8 Å². The van der Waals surface area contributed by atoms with Crippen molar-refractivity contribution in [1.29, 1.82) is 0 Å². The van der Waals surface area contributed by atoms with Crippen molar-refractivity contribution < 1.29 is 13.2 Å². The van der Waals surface area contributed by atoms with Crippen molar-refractivity contribution in [3.8, 4) is 0 Å².